The summed E-state index contributed by atoms with van der Waals surface area (Å²) in [5.74, 6) is 0.549. The number of para-hydroxylation sites is 2. The second-order valence-electron chi connectivity index (χ2n) is 4.22. The van der Waals surface area contributed by atoms with E-state index in [0.717, 1.165) is 0 Å². The van der Waals surface area contributed by atoms with E-state index in [1.807, 2.05) is 6.07 Å². The molecule has 0 radical (unpaired) electrons. The molecule has 0 spiro atoms. The summed E-state index contributed by atoms with van der Waals surface area (Å²) in [5, 5.41) is 17.8. The van der Waals surface area contributed by atoms with Crippen LogP contribution in [0.2, 0.25) is 0 Å². The van der Waals surface area contributed by atoms with Crippen LogP contribution in [0.25, 0.3) is 0 Å². The standard InChI is InChI=1S/C16H14FNO3/c17-14-6-5-12(13(9-14)10-18)11-21-16-4-2-1-3-15(16)20-8-7-19/h1-6,9,19H,7-8,11H2. The smallest absolute Gasteiger partial charge is 0.161 e. The van der Waals surface area contributed by atoms with Crippen LogP contribution in [0.5, 0.6) is 11.5 Å². The van der Waals surface area contributed by atoms with Gasteiger partial charge < -0.3 is 14.6 Å². The van der Waals surface area contributed by atoms with Gasteiger partial charge in [0.25, 0.3) is 0 Å². The SMILES string of the molecule is N#Cc1cc(F)ccc1COc1ccccc1OCCO. The molecule has 0 unspecified atom stereocenters. The lowest BCUT2D eigenvalue weighted by Crippen LogP contribution is -2.04. The van der Waals surface area contributed by atoms with Gasteiger partial charge in [0.15, 0.2) is 11.5 Å². The predicted molar refractivity (Wildman–Crippen MR) is 74.5 cm³/mol. The first kappa shape index (κ1) is 14.8. The fourth-order valence-corrected chi connectivity index (χ4v) is 1.78. The number of hydrogen-bond donors (Lipinski definition) is 1. The zero-order chi connectivity index (χ0) is 15.1. The van der Waals surface area contributed by atoms with Gasteiger partial charge in [0.05, 0.1) is 18.2 Å². The molecule has 0 bridgehead atoms. The first-order valence-electron chi connectivity index (χ1n) is 6.38. The molecule has 0 heterocycles. The van der Waals surface area contributed by atoms with Gasteiger partial charge in [0.2, 0.25) is 0 Å². The number of hydrogen-bond acceptors (Lipinski definition) is 4. The van der Waals surface area contributed by atoms with Crippen molar-refractivity contribution in [2.75, 3.05) is 13.2 Å². The van der Waals surface area contributed by atoms with Gasteiger partial charge in [0, 0.05) is 5.56 Å². The average molecular weight is 287 g/mol. The molecule has 0 aromatic heterocycles. The number of halogens is 1. The van der Waals surface area contributed by atoms with Crippen molar-refractivity contribution >= 4 is 0 Å². The van der Waals surface area contributed by atoms with Crippen LogP contribution < -0.4 is 9.47 Å². The highest BCUT2D eigenvalue weighted by Gasteiger charge is 2.08. The molecule has 2 aromatic rings. The second-order valence-corrected chi connectivity index (χ2v) is 4.22. The maximum absolute atomic E-state index is 13.1. The molecule has 0 aliphatic carbocycles. The average Bonchev–Trinajstić information content (AvgIpc) is 2.52. The molecule has 0 saturated carbocycles. The molecule has 21 heavy (non-hydrogen) atoms. The summed E-state index contributed by atoms with van der Waals surface area (Å²) in [7, 11) is 0. The summed E-state index contributed by atoms with van der Waals surface area (Å²) in [6.45, 7) is 0.202. The van der Waals surface area contributed by atoms with Gasteiger partial charge in [0.1, 0.15) is 19.0 Å². The third-order valence-electron chi connectivity index (χ3n) is 2.77. The Morgan fingerprint density at radius 2 is 1.81 bits per heavy atom. The molecule has 2 rings (SSSR count). The summed E-state index contributed by atoms with van der Waals surface area (Å²) in [5.41, 5.74) is 0.833. The van der Waals surface area contributed by atoms with Crippen LogP contribution in [-0.4, -0.2) is 18.3 Å². The van der Waals surface area contributed by atoms with Crippen LogP contribution in [0.4, 0.5) is 4.39 Å². The lowest BCUT2D eigenvalue weighted by Gasteiger charge is -2.12. The van der Waals surface area contributed by atoms with Crippen LogP contribution in [-0.2, 0) is 6.61 Å². The Bertz CT molecular complexity index is 652. The molecule has 1 N–H and O–H groups in total. The molecular weight excluding hydrogens is 273 g/mol. The first-order valence-corrected chi connectivity index (χ1v) is 6.38. The minimum Gasteiger partial charge on any atom is -0.487 e. The number of rotatable bonds is 6. The molecule has 0 saturated heterocycles. The summed E-state index contributed by atoms with van der Waals surface area (Å²) >= 11 is 0. The van der Waals surface area contributed by atoms with Gasteiger partial charge in [-0.1, -0.05) is 18.2 Å². The number of nitriles is 1. The zero-order valence-electron chi connectivity index (χ0n) is 11.3. The van der Waals surface area contributed by atoms with E-state index < -0.39 is 5.82 Å². The van der Waals surface area contributed by atoms with Crippen molar-refractivity contribution in [3.8, 4) is 17.6 Å². The highest BCUT2D eigenvalue weighted by atomic mass is 19.1. The quantitative estimate of drug-likeness (QED) is 0.887. The molecule has 108 valence electrons. The van der Waals surface area contributed by atoms with Crippen LogP contribution >= 0.6 is 0 Å². The van der Waals surface area contributed by atoms with E-state index in [9.17, 15) is 4.39 Å². The van der Waals surface area contributed by atoms with E-state index in [4.69, 9.17) is 19.8 Å². The normalized spacial score (nSPS) is 9.95. The van der Waals surface area contributed by atoms with Gasteiger partial charge in [-0.05, 0) is 24.3 Å². The molecule has 0 amide bonds. The van der Waals surface area contributed by atoms with E-state index in [2.05, 4.69) is 0 Å². The second kappa shape index (κ2) is 7.27. The van der Waals surface area contributed by atoms with Crippen molar-refractivity contribution < 1.29 is 19.0 Å². The highest BCUT2D eigenvalue weighted by Crippen LogP contribution is 2.27. The number of nitrogens with zero attached hydrogens (tertiary/aromatic N) is 1. The Balaban J connectivity index is 2.12. The van der Waals surface area contributed by atoms with Crippen molar-refractivity contribution in [2.24, 2.45) is 0 Å². The molecule has 2 aromatic carbocycles. The Kier molecular flexibility index (Phi) is 5.13. The summed E-state index contributed by atoms with van der Waals surface area (Å²) in [6.07, 6.45) is 0. The largest absolute Gasteiger partial charge is 0.487 e. The molecule has 0 aliphatic heterocycles. The number of ether oxygens (including phenoxy) is 2. The highest BCUT2D eigenvalue weighted by molar-refractivity contribution is 5.41. The monoisotopic (exact) mass is 287 g/mol. The third kappa shape index (κ3) is 3.94. The molecule has 0 atom stereocenters. The van der Waals surface area contributed by atoms with E-state index in [1.54, 1.807) is 24.3 Å². The Morgan fingerprint density at radius 3 is 2.48 bits per heavy atom. The lowest BCUT2D eigenvalue weighted by molar-refractivity contribution is 0.192. The van der Waals surface area contributed by atoms with E-state index in [1.165, 1.54) is 18.2 Å². The number of aliphatic hydroxyl groups is 1. The van der Waals surface area contributed by atoms with Crippen LogP contribution in [0.3, 0.4) is 0 Å². The van der Waals surface area contributed by atoms with Crippen molar-refractivity contribution in [3.63, 3.8) is 0 Å². The van der Waals surface area contributed by atoms with Gasteiger partial charge in [-0.3, -0.25) is 0 Å². The van der Waals surface area contributed by atoms with Crippen molar-refractivity contribution in [3.05, 3.63) is 59.4 Å². The summed E-state index contributed by atoms with van der Waals surface area (Å²) in [6, 6.07) is 12.9. The summed E-state index contributed by atoms with van der Waals surface area (Å²) < 4.78 is 24.0. The van der Waals surface area contributed by atoms with Gasteiger partial charge in [-0.15, -0.1) is 0 Å². The lowest BCUT2D eigenvalue weighted by atomic mass is 10.1. The van der Waals surface area contributed by atoms with Crippen LogP contribution in [0, 0.1) is 17.1 Å². The third-order valence-corrected chi connectivity index (χ3v) is 2.77. The van der Waals surface area contributed by atoms with Crippen molar-refractivity contribution in [1.29, 1.82) is 5.26 Å². The summed E-state index contributed by atoms with van der Waals surface area (Å²) in [4.78, 5) is 0. The fourth-order valence-electron chi connectivity index (χ4n) is 1.78. The Labute approximate surface area is 122 Å². The zero-order valence-corrected chi connectivity index (χ0v) is 11.3. The molecular formula is C16H14FNO3. The van der Waals surface area contributed by atoms with Crippen molar-refractivity contribution in [2.45, 2.75) is 6.61 Å². The van der Waals surface area contributed by atoms with E-state index >= 15 is 0 Å². The molecule has 4 nitrogen and oxygen atoms in total. The minimum atomic E-state index is -0.457. The van der Waals surface area contributed by atoms with Crippen molar-refractivity contribution in [1.82, 2.24) is 0 Å². The Hall–Kier alpha value is -2.58. The van der Waals surface area contributed by atoms with E-state index in [-0.39, 0.29) is 25.4 Å². The van der Waals surface area contributed by atoms with E-state index in [0.29, 0.717) is 17.1 Å². The predicted octanol–water partition coefficient (Wildman–Crippen LogP) is 2.65. The van der Waals surface area contributed by atoms with Crippen LogP contribution in [0.1, 0.15) is 11.1 Å². The molecule has 0 fully saturated rings. The molecule has 5 heteroatoms. The number of benzene rings is 2. The topological polar surface area (TPSA) is 62.5 Å². The maximum atomic E-state index is 13.1. The molecule has 0 aliphatic rings. The van der Waals surface area contributed by atoms with Gasteiger partial charge in [-0.2, -0.15) is 5.26 Å². The van der Waals surface area contributed by atoms with Crippen LogP contribution in [0.15, 0.2) is 42.5 Å². The van der Waals surface area contributed by atoms with Gasteiger partial charge in [-0.25, -0.2) is 4.39 Å². The Morgan fingerprint density at radius 1 is 1.10 bits per heavy atom. The maximum Gasteiger partial charge on any atom is 0.161 e. The number of aliphatic hydroxyl groups excluding tert-OH is 1. The van der Waals surface area contributed by atoms with Gasteiger partial charge >= 0.3 is 0 Å². The fraction of sp³-hybridized carbons (Fsp3) is 0.188. The first-order chi connectivity index (χ1) is 10.2. The minimum absolute atomic E-state index is 0.0924.